The van der Waals surface area contributed by atoms with Gasteiger partial charge in [0.25, 0.3) is 0 Å². The number of rotatable bonds is 1. The lowest BCUT2D eigenvalue weighted by Crippen LogP contribution is -2.55. The van der Waals surface area contributed by atoms with Gasteiger partial charge in [0.1, 0.15) is 0 Å². The number of aliphatic carboxylic acids is 1. The van der Waals surface area contributed by atoms with E-state index in [4.69, 9.17) is 5.11 Å². The molecule has 0 amide bonds. The van der Waals surface area contributed by atoms with Crippen LogP contribution in [0.15, 0.2) is 12.7 Å². The maximum atomic E-state index is 9.25. The van der Waals surface area contributed by atoms with Crippen LogP contribution in [0.3, 0.4) is 0 Å². The van der Waals surface area contributed by atoms with Gasteiger partial charge >= 0.3 is 5.97 Å². The minimum Gasteiger partial charge on any atom is -0.478 e. The predicted molar refractivity (Wildman–Crippen MR) is 63.0 cm³/mol. The molecule has 2 N–H and O–H groups in total. The Kier molecular flexibility index (Phi) is 5.01. The molecule has 3 heteroatoms. The summed E-state index contributed by atoms with van der Waals surface area (Å²) in [6, 6.07) is 0. The third-order valence-electron chi connectivity index (χ3n) is 2.45. The first-order chi connectivity index (χ1) is 6.68. The molecule has 3 nitrogen and oxygen atoms in total. The van der Waals surface area contributed by atoms with Crippen LogP contribution in [-0.2, 0) is 4.79 Å². The van der Waals surface area contributed by atoms with Crippen LogP contribution in [0.5, 0.6) is 0 Å². The molecule has 1 aliphatic rings. The summed E-state index contributed by atoms with van der Waals surface area (Å²) in [7, 11) is 0. The standard InChI is InChI=1S/C9H19N.C3H4O2/c1-8(2)6-5-7-9(3,4)10-8;1-2-3(4)5/h10H,5-7H2,1-4H3;2H,1H2,(H,4,5). The molecular formula is C12H23NO2. The Hall–Kier alpha value is -0.830. The molecule has 15 heavy (non-hydrogen) atoms. The lowest BCUT2D eigenvalue weighted by molar-refractivity contribution is -0.131. The lowest BCUT2D eigenvalue weighted by atomic mass is 9.83. The Bertz CT molecular complexity index is 218. The molecule has 0 saturated carbocycles. The van der Waals surface area contributed by atoms with Crippen LogP contribution in [0.4, 0.5) is 0 Å². The summed E-state index contributed by atoms with van der Waals surface area (Å²) in [6.07, 6.45) is 4.83. The van der Waals surface area contributed by atoms with E-state index in [-0.39, 0.29) is 0 Å². The molecule has 1 heterocycles. The minimum absolute atomic E-state index is 0.363. The summed E-state index contributed by atoms with van der Waals surface area (Å²) in [4.78, 5) is 9.25. The minimum atomic E-state index is -0.981. The normalized spacial score (nSPS) is 22.1. The van der Waals surface area contributed by atoms with Crippen molar-refractivity contribution in [2.45, 2.75) is 58.0 Å². The van der Waals surface area contributed by atoms with E-state index in [0.717, 1.165) is 6.08 Å². The Balaban J connectivity index is 0.000000336. The zero-order valence-electron chi connectivity index (χ0n) is 10.3. The fraction of sp³-hybridized carbons (Fsp3) is 0.750. The van der Waals surface area contributed by atoms with Crippen LogP contribution in [0.25, 0.3) is 0 Å². The molecule has 0 bridgehead atoms. The molecule has 0 aromatic heterocycles. The Morgan fingerprint density at radius 1 is 1.27 bits per heavy atom. The van der Waals surface area contributed by atoms with Gasteiger partial charge in [0.15, 0.2) is 0 Å². The number of carbonyl (C=O) groups is 1. The van der Waals surface area contributed by atoms with E-state index in [1.54, 1.807) is 0 Å². The number of piperidine rings is 1. The predicted octanol–water partition coefficient (Wildman–Crippen LogP) is 2.57. The quantitative estimate of drug-likeness (QED) is 0.658. The van der Waals surface area contributed by atoms with E-state index in [0.29, 0.717) is 11.1 Å². The van der Waals surface area contributed by atoms with Gasteiger partial charge in [0.2, 0.25) is 0 Å². The fourth-order valence-electron chi connectivity index (χ4n) is 2.01. The van der Waals surface area contributed by atoms with Crippen molar-refractivity contribution in [3.63, 3.8) is 0 Å². The number of carboxylic acids is 1. The van der Waals surface area contributed by atoms with Gasteiger partial charge in [-0.2, -0.15) is 0 Å². The van der Waals surface area contributed by atoms with Gasteiger partial charge in [-0.3, -0.25) is 0 Å². The zero-order valence-corrected chi connectivity index (χ0v) is 10.3. The molecule has 0 aromatic carbocycles. The van der Waals surface area contributed by atoms with E-state index >= 15 is 0 Å². The Labute approximate surface area is 92.6 Å². The number of hydrogen-bond acceptors (Lipinski definition) is 2. The van der Waals surface area contributed by atoms with Crippen molar-refractivity contribution >= 4 is 5.97 Å². The summed E-state index contributed by atoms with van der Waals surface area (Å²) < 4.78 is 0. The highest BCUT2D eigenvalue weighted by molar-refractivity contribution is 5.78. The number of nitrogens with one attached hydrogen (secondary N) is 1. The molecule has 1 rings (SSSR count). The molecule has 1 fully saturated rings. The summed E-state index contributed by atoms with van der Waals surface area (Å²) in [5.74, 6) is -0.981. The second kappa shape index (κ2) is 5.31. The average Bonchev–Trinajstić information content (AvgIpc) is 2.00. The van der Waals surface area contributed by atoms with Crippen molar-refractivity contribution in [1.82, 2.24) is 5.32 Å². The van der Waals surface area contributed by atoms with Crippen molar-refractivity contribution in [3.8, 4) is 0 Å². The number of carboxylic acid groups (broad SMARTS) is 1. The SMILES string of the molecule is C=CC(=O)O.CC1(C)CCCC(C)(C)N1. The first-order valence-electron chi connectivity index (χ1n) is 5.33. The van der Waals surface area contributed by atoms with E-state index < -0.39 is 5.97 Å². The van der Waals surface area contributed by atoms with Gasteiger partial charge in [-0.1, -0.05) is 6.58 Å². The van der Waals surface area contributed by atoms with Crippen LogP contribution < -0.4 is 5.32 Å². The van der Waals surface area contributed by atoms with E-state index in [1.807, 2.05) is 0 Å². The maximum Gasteiger partial charge on any atom is 0.327 e. The van der Waals surface area contributed by atoms with Crippen molar-refractivity contribution in [3.05, 3.63) is 12.7 Å². The van der Waals surface area contributed by atoms with Gasteiger partial charge in [0, 0.05) is 17.2 Å². The van der Waals surface area contributed by atoms with Gasteiger partial charge < -0.3 is 10.4 Å². The average molecular weight is 213 g/mol. The Morgan fingerprint density at radius 3 is 1.73 bits per heavy atom. The van der Waals surface area contributed by atoms with Crippen LogP contribution >= 0.6 is 0 Å². The third-order valence-corrected chi connectivity index (χ3v) is 2.45. The topological polar surface area (TPSA) is 49.3 Å². The van der Waals surface area contributed by atoms with Crippen molar-refractivity contribution < 1.29 is 9.90 Å². The summed E-state index contributed by atoms with van der Waals surface area (Å²) >= 11 is 0. The molecule has 0 unspecified atom stereocenters. The van der Waals surface area contributed by atoms with Gasteiger partial charge in [-0.15, -0.1) is 0 Å². The molecule has 0 aromatic rings. The van der Waals surface area contributed by atoms with E-state index in [1.165, 1.54) is 19.3 Å². The van der Waals surface area contributed by atoms with E-state index in [2.05, 4.69) is 39.6 Å². The summed E-state index contributed by atoms with van der Waals surface area (Å²) in [5, 5.41) is 11.2. The second-order valence-electron chi connectivity index (χ2n) is 5.29. The number of hydrogen-bond donors (Lipinski definition) is 2. The molecule has 0 atom stereocenters. The first kappa shape index (κ1) is 14.2. The first-order valence-corrected chi connectivity index (χ1v) is 5.33. The summed E-state index contributed by atoms with van der Waals surface area (Å²) in [5.41, 5.74) is 0.726. The fourth-order valence-corrected chi connectivity index (χ4v) is 2.01. The molecule has 0 aliphatic carbocycles. The zero-order chi connectivity index (χ0) is 12.1. The van der Waals surface area contributed by atoms with Crippen LogP contribution in [0.1, 0.15) is 47.0 Å². The maximum absolute atomic E-state index is 9.25. The van der Waals surface area contributed by atoms with E-state index in [9.17, 15) is 4.79 Å². The molecule has 1 saturated heterocycles. The van der Waals surface area contributed by atoms with Crippen LogP contribution in [0.2, 0.25) is 0 Å². The molecular weight excluding hydrogens is 190 g/mol. The van der Waals surface area contributed by atoms with Gasteiger partial charge in [0.05, 0.1) is 0 Å². The largest absolute Gasteiger partial charge is 0.478 e. The summed E-state index contributed by atoms with van der Waals surface area (Å²) in [6.45, 7) is 12.1. The molecule has 88 valence electrons. The van der Waals surface area contributed by atoms with Crippen molar-refractivity contribution in [2.75, 3.05) is 0 Å². The highest BCUT2D eigenvalue weighted by Crippen LogP contribution is 2.27. The second-order valence-corrected chi connectivity index (χ2v) is 5.29. The molecule has 0 spiro atoms. The lowest BCUT2D eigenvalue weighted by Gasteiger charge is -2.42. The van der Waals surface area contributed by atoms with Crippen molar-refractivity contribution in [1.29, 1.82) is 0 Å². The van der Waals surface area contributed by atoms with Gasteiger partial charge in [-0.05, 0) is 47.0 Å². The smallest absolute Gasteiger partial charge is 0.327 e. The monoisotopic (exact) mass is 213 g/mol. The van der Waals surface area contributed by atoms with Gasteiger partial charge in [-0.25, -0.2) is 4.79 Å². The molecule has 1 aliphatic heterocycles. The highest BCUT2D eigenvalue weighted by Gasteiger charge is 2.31. The third kappa shape index (κ3) is 7.14. The van der Waals surface area contributed by atoms with Crippen LogP contribution in [0, 0.1) is 0 Å². The Morgan fingerprint density at radius 2 is 1.60 bits per heavy atom. The van der Waals surface area contributed by atoms with Crippen LogP contribution in [-0.4, -0.2) is 22.2 Å². The molecule has 0 radical (unpaired) electrons. The highest BCUT2D eigenvalue weighted by atomic mass is 16.4. The van der Waals surface area contributed by atoms with Crippen molar-refractivity contribution in [2.24, 2.45) is 0 Å².